The summed E-state index contributed by atoms with van der Waals surface area (Å²) in [5, 5.41) is 2.65. The molecule has 3 nitrogen and oxygen atoms in total. The highest BCUT2D eigenvalue weighted by Gasteiger charge is 2.23. The van der Waals surface area contributed by atoms with E-state index in [1.54, 1.807) is 18.4 Å². The normalized spacial score (nSPS) is 14.9. The standard InChI is InChI=1S/C14H14ClNO2S/c1-17-10-6-12(19-7-10)13(16)11-5-9(15)4-8-2-3-18-14(8)11/h4-7,13H,2-3,16H2,1H3. The van der Waals surface area contributed by atoms with Crippen molar-refractivity contribution in [2.75, 3.05) is 13.7 Å². The third-order valence-corrected chi connectivity index (χ3v) is 4.46. The molecule has 0 spiro atoms. The second-order valence-electron chi connectivity index (χ2n) is 4.45. The van der Waals surface area contributed by atoms with Crippen LogP contribution in [0.15, 0.2) is 23.6 Å². The summed E-state index contributed by atoms with van der Waals surface area (Å²) in [5.74, 6) is 1.72. The average molecular weight is 296 g/mol. The molecule has 0 bridgehead atoms. The van der Waals surface area contributed by atoms with Gasteiger partial charge in [0.1, 0.15) is 11.5 Å². The third kappa shape index (κ3) is 2.31. The van der Waals surface area contributed by atoms with Gasteiger partial charge in [0.15, 0.2) is 0 Å². The summed E-state index contributed by atoms with van der Waals surface area (Å²) in [6.07, 6.45) is 0.892. The van der Waals surface area contributed by atoms with Gasteiger partial charge in [-0.15, -0.1) is 11.3 Å². The fraction of sp³-hybridized carbons (Fsp3) is 0.286. The van der Waals surface area contributed by atoms with Gasteiger partial charge in [-0.05, 0) is 23.8 Å². The molecule has 100 valence electrons. The molecule has 2 N–H and O–H groups in total. The summed E-state index contributed by atoms with van der Waals surface area (Å²) in [5.41, 5.74) is 8.43. The Morgan fingerprint density at radius 1 is 1.42 bits per heavy atom. The summed E-state index contributed by atoms with van der Waals surface area (Å²) >= 11 is 7.74. The monoisotopic (exact) mass is 295 g/mol. The SMILES string of the molecule is COc1csc(C(N)c2cc(Cl)cc3c2OCC3)c1. The van der Waals surface area contributed by atoms with E-state index in [1.807, 2.05) is 23.6 Å². The van der Waals surface area contributed by atoms with Gasteiger partial charge >= 0.3 is 0 Å². The van der Waals surface area contributed by atoms with Crippen LogP contribution in [0.1, 0.15) is 22.0 Å². The Bertz CT molecular complexity index is 611. The lowest BCUT2D eigenvalue weighted by atomic mass is 10.0. The highest BCUT2D eigenvalue weighted by Crippen LogP contribution is 2.39. The first-order valence-electron chi connectivity index (χ1n) is 6.02. The van der Waals surface area contributed by atoms with Gasteiger partial charge in [0.25, 0.3) is 0 Å². The maximum Gasteiger partial charge on any atom is 0.129 e. The van der Waals surface area contributed by atoms with Crippen molar-refractivity contribution < 1.29 is 9.47 Å². The quantitative estimate of drug-likeness (QED) is 0.944. The lowest BCUT2D eigenvalue weighted by Crippen LogP contribution is -2.11. The van der Waals surface area contributed by atoms with Gasteiger partial charge in [-0.3, -0.25) is 0 Å². The molecule has 0 amide bonds. The fourth-order valence-electron chi connectivity index (χ4n) is 2.29. The van der Waals surface area contributed by atoms with Gasteiger partial charge in [-0.1, -0.05) is 11.6 Å². The van der Waals surface area contributed by atoms with Gasteiger partial charge < -0.3 is 15.2 Å². The number of rotatable bonds is 3. The molecule has 1 unspecified atom stereocenters. The molecular weight excluding hydrogens is 282 g/mol. The number of fused-ring (bicyclic) bond motifs is 1. The van der Waals surface area contributed by atoms with E-state index in [4.69, 9.17) is 26.8 Å². The van der Waals surface area contributed by atoms with Crippen LogP contribution in [0.3, 0.4) is 0 Å². The van der Waals surface area contributed by atoms with E-state index in [-0.39, 0.29) is 6.04 Å². The molecule has 1 atom stereocenters. The molecule has 3 rings (SSSR count). The lowest BCUT2D eigenvalue weighted by Gasteiger charge is -2.14. The first-order valence-corrected chi connectivity index (χ1v) is 7.28. The van der Waals surface area contributed by atoms with Crippen molar-refractivity contribution in [2.45, 2.75) is 12.5 Å². The van der Waals surface area contributed by atoms with Crippen LogP contribution in [0.2, 0.25) is 5.02 Å². The number of benzene rings is 1. The van der Waals surface area contributed by atoms with Crippen molar-refractivity contribution in [3.05, 3.63) is 44.6 Å². The predicted molar refractivity (Wildman–Crippen MR) is 77.6 cm³/mol. The van der Waals surface area contributed by atoms with Gasteiger partial charge in [-0.25, -0.2) is 0 Å². The molecule has 2 aromatic rings. The number of methoxy groups -OCH3 is 1. The Morgan fingerprint density at radius 2 is 2.26 bits per heavy atom. The first kappa shape index (κ1) is 12.8. The average Bonchev–Trinajstić information content (AvgIpc) is 3.04. The zero-order chi connectivity index (χ0) is 13.4. The van der Waals surface area contributed by atoms with Gasteiger partial charge in [0, 0.05) is 27.3 Å². The van der Waals surface area contributed by atoms with Crippen LogP contribution in [0.4, 0.5) is 0 Å². The molecule has 1 aliphatic rings. The van der Waals surface area contributed by atoms with E-state index >= 15 is 0 Å². The first-order chi connectivity index (χ1) is 9.19. The van der Waals surface area contributed by atoms with Crippen LogP contribution in [-0.2, 0) is 6.42 Å². The maximum atomic E-state index is 6.34. The largest absolute Gasteiger partial charge is 0.496 e. The molecule has 5 heteroatoms. The number of halogens is 1. The van der Waals surface area contributed by atoms with E-state index in [9.17, 15) is 0 Å². The Kier molecular flexibility index (Phi) is 3.39. The zero-order valence-electron chi connectivity index (χ0n) is 10.5. The van der Waals surface area contributed by atoms with Crippen molar-refractivity contribution in [3.63, 3.8) is 0 Å². The molecular formula is C14H14ClNO2S. The molecule has 0 fully saturated rings. The van der Waals surface area contributed by atoms with E-state index in [2.05, 4.69) is 0 Å². The second kappa shape index (κ2) is 5.04. The van der Waals surface area contributed by atoms with Gasteiger partial charge in [0.05, 0.1) is 19.8 Å². The Balaban J connectivity index is 2.02. The highest BCUT2D eigenvalue weighted by molar-refractivity contribution is 7.10. The summed E-state index contributed by atoms with van der Waals surface area (Å²) in [4.78, 5) is 1.04. The van der Waals surface area contributed by atoms with Crippen LogP contribution < -0.4 is 15.2 Å². The summed E-state index contributed by atoms with van der Waals surface area (Å²) in [6.45, 7) is 0.698. The zero-order valence-corrected chi connectivity index (χ0v) is 12.1. The number of hydrogen-bond donors (Lipinski definition) is 1. The molecule has 1 aromatic carbocycles. The van der Waals surface area contributed by atoms with Crippen molar-refractivity contribution in [3.8, 4) is 11.5 Å². The molecule has 0 saturated heterocycles. The fourth-order valence-corrected chi connectivity index (χ4v) is 3.41. The third-order valence-electron chi connectivity index (χ3n) is 3.25. The Morgan fingerprint density at radius 3 is 3.00 bits per heavy atom. The van der Waals surface area contributed by atoms with E-state index in [0.29, 0.717) is 11.6 Å². The summed E-state index contributed by atoms with van der Waals surface area (Å²) in [6, 6.07) is 5.56. The minimum Gasteiger partial charge on any atom is -0.496 e. The van der Waals surface area contributed by atoms with Crippen LogP contribution in [-0.4, -0.2) is 13.7 Å². The van der Waals surface area contributed by atoms with E-state index < -0.39 is 0 Å². The number of ether oxygens (including phenoxy) is 2. The summed E-state index contributed by atoms with van der Waals surface area (Å²) in [7, 11) is 1.65. The van der Waals surface area contributed by atoms with Crippen LogP contribution in [0.25, 0.3) is 0 Å². The lowest BCUT2D eigenvalue weighted by molar-refractivity contribution is 0.352. The van der Waals surface area contributed by atoms with Crippen LogP contribution in [0, 0.1) is 0 Å². The molecule has 1 aliphatic heterocycles. The van der Waals surface area contributed by atoms with Gasteiger partial charge in [0.2, 0.25) is 0 Å². The van der Waals surface area contributed by atoms with Crippen LogP contribution in [0.5, 0.6) is 11.5 Å². The van der Waals surface area contributed by atoms with E-state index in [1.165, 1.54) is 0 Å². The number of nitrogens with two attached hydrogens (primary N) is 1. The Labute approximate surface area is 120 Å². The number of thiophene rings is 1. The van der Waals surface area contributed by atoms with Crippen molar-refractivity contribution in [1.29, 1.82) is 0 Å². The molecule has 0 radical (unpaired) electrons. The smallest absolute Gasteiger partial charge is 0.129 e. The topological polar surface area (TPSA) is 44.5 Å². The molecule has 19 heavy (non-hydrogen) atoms. The minimum atomic E-state index is -0.237. The molecule has 0 saturated carbocycles. The minimum absolute atomic E-state index is 0.237. The molecule has 2 heterocycles. The predicted octanol–water partition coefficient (Wildman–Crippen LogP) is 3.39. The second-order valence-corrected chi connectivity index (χ2v) is 5.83. The van der Waals surface area contributed by atoms with Crippen molar-refractivity contribution >= 4 is 22.9 Å². The summed E-state index contributed by atoms with van der Waals surface area (Å²) < 4.78 is 10.9. The van der Waals surface area contributed by atoms with Crippen molar-refractivity contribution in [2.24, 2.45) is 5.73 Å². The molecule has 0 aliphatic carbocycles. The molecule has 1 aromatic heterocycles. The van der Waals surface area contributed by atoms with Crippen LogP contribution >= 0.6 is 22.9 Å². The number of hydrogen-bond acceptors (Lipinski definition) is 4. The van der Waals surface area contributed by atoms with Gasteiger partial charge in [-0.2, -0.15) is 0 Å². The van der Waals surface area contributed by atoms with Crippen molar-refractivity contribution in [1.82, 2.24) is 0 Å². The van der Waals surface area contributed by atoms with E-state index in [0.717, 1.165) is 33.9 Å². The maximum absolute atomic E-state index is 6.34. The highest BCUT2D eigenvalue weighted by atomic mass is 35.5. The Hall–Kier alpha value is -1.23.